The first-order valence-corrected chi connectivity index (χ1v) is 10.7. The number of hydrogen-bond acceptors (Lipinski definition) is 5. The predicted octanol–water partition coefficient (Wildman–Crippen LogP) is 5.12. The molecule has 0 saturated heterocycles. The lowest BCUT2D eigenvalue weighted by molar-refractivity contribution is 0.0980. The van der Waals surface area contributed by atoms with Crippen molar-refractivity contribution in [1.82, 2.24) is 4.98 Å². The zero-order valence-corrected chi connectivity index (χ0v) is 17.7. The third-order valence-corrected chi connectivity index (χ3v) is 6.05. The Bertz CT molecular complexity index is 1030. The number of aromatic nitrogens is 1. The van der Waals surface area contributed by atoms with Gasteiger partial charge in [-0.2, -0.15) is 0 Å². The molecule has 1 aliphatic heterocycles. The molecule has 1 aliphatic rings. The fourth-order valence-electron chi connectivity index (χ4n) is 3.72. The molecule has 4 rings (SSSR count). The molecule has 0 aliphatic carbocycles. The van der Waals surface area contributed by atoms with Crippen molar-refractivity contribution in [3.63, 3.8) is 0 Å². The average molecular weight is 409 g/mol. The van der Waals surface area contributed by atoms with Gasteiger partial charge in [0, 0.05) is 17.5 Å². The Morgan fingerprint density at radius 1 is 1.21 bits per heavy atom. The van der Waals surface area contributed by atoms with Crippen LogP contribution in [0, 0.1) is 6.92 Å². The molecule has 1 aromatic heterocycles. The van der Waals surface area contributed by atoms with Gasteiger partial charge in [0.05, 0.1) is 19.4 Å². The Kier molecular flexibility index (Phi) is 5.53. The number of carbonyl (C=O) groups is 1. The van der Waals surface area contributed by atoms with Crippen LogP contribution in [0.2, 0.25) is 0 Å². The van der Waals surface area contributed by atoms with Crippen molar-refractivity contribution in [3.05, 3.63) is 58.6 Å². The van der Waals surface area contributed by atoms with E-state index in [0.29, 0.717) is 18.8 Å². The molecule has 0 radical (unpaired) electrons. The van der Waals surface area contributed by atoms with E-state index in [4.69, 9.17) is 9.47 Å². The largest absolute Gasteiger partial charge is 0.495 e. The molecule has 150 valence electrons. The van der Waals surface area contributed by atoms with Crippen LogP contribution in [0.5, 0.6) is 11.5 Å². The molecule has 0 saturated carbocycles. The molecule has 5 nitrogen and oxygen atoms in total. The van der Waals surface area contributed by atoms with E-state index >= 15 is 0 Å². The summed E-state index contributed by atoms with van der Waals surface area (Å²) < 4.78 is 11.1. The second-order valence-corrected chi connectivity index (χ2v) is 7.83. The maximum atomic E-state index is 13.3. The second-order valence-electron chi connectivity index (χ2n) is 6.97. The maximum Gasteiger partial charge on any atom is 0.277 e. The van der Waals surface area contributed by atoms with E-state index in [0.717, 1.165) is 40.6 Å². The second kappa shape index (κ2) is 8.25. The van der Waals surface area contributed by atoms with Gasteiger partial charge in [0.25, 0.3) is 5.91 Å². The number of aryl methyl sites for hydroxylation is 1. The minimum atomic E-state index is -0.0803. The number of hydrogen-bond donors (Lipinski definition) is 0. The third-order valence-electron chi connectivity index (χ3n) is 5.16. The van der Waals surface area contributed by atoms with E-state index in [-0.39, 0.29) is 5.91 Å². The summed E-state index contributed by atoms with van der Waals surface area (Å²) in [7, 11) is 1.65. The first kappa shape index (κ1) is 19.5. The summed E-state index contributed by atoms with van der Waals surface area (Å²) >= 11 is 1.48. The Morgan fingerprint density at radius 3 is 2.72 bits per heavy atom. The smallest absolute Gasteiger partial charge is 0.277 e. The zero-order chi connectivity index (χ0) is 20.4. The molecule has 6 heteroatoms. The van der Waals surface area contributed by atoms with E-state index in [1.54, 1.807) is 7.11 Å². The van der Waals surface area contributed by atoms with Crippen molar-refractivity contribution < 1.29 is 14.3 Å². The minimum absolute atomic E-state index is 0.0803. The molecule has 0 bridgehead atoms. The van der Waals surface area contributed by atoms with E-state index in [1.165, 1.54) is 22.5 Å². The maximum absolute atomic E-state index is 13.3. The number of thiazole rings is 1. The quantitative estimate of drug-likeness (QED) is 0.588. The SMILES string of the molecule is CCOc1ccc(-c2nc(C(=O)N3CCCc4c(C)ccc(OC)c43)cs2)cc1. The van der Waals surface area contributed by atoms with Gasteiger partial charge in [0.2, 0.25) is 0 Å². The lowest BCUT2D eigenvalue weighted by atomic mass is 9.96. The molecule has 0 fully saturated rings. The van der Waals surface area contributed by atoms with Gasteiger partial charge in [-0.15, -0.1) is 11.3 Å². The summed E-state index contributed by atoms with van der Waals surface area (Å²) in [6.45, 7) is 5.35. The van der Waals surface area contributed by atoms with Gasteiger partial charge in [-0.1, -0.05) is 6.07 Å². The number of ether oxygens (including phenoxy) is 2. The van der Waals surface area contributed by atoms with Crippen LogP contribution in [0.15, 0.2) is 41.8 Å². The average Bonchev–Trinajstić information content (AvgIpc) is 3.24. The van der Waals surface area contributed by atoms with Gasteiger partial charge in [0.15, 0.2) is 0 Å². The lowest BCUT2D eigenvalue weighted by Crippen LogP contribution is -2.36. The Morgan fingerprint density at radius 2 is 2.00 bits per heavy atom. The van der Waals surface area contributed by atoms with Crippen LogP contribution in [-0.4, -0.2) is 31.2 Å². The first-order valence-electron chi connectivity index (χ1n) is 9.79. The molecule has 0 spiro atoms. The zero-order valence-electron chi connectivity index (χ0n) is 16.9. The third kappa shape index (κ3) is 3.72. The highest BCUT2D eigenvalue weighted by molar-refractivity contribution is 7.13. The Labute approximate surface area is 174 Å². The Balaban J connectivity index is 1.63. The van der Waals surface area contributed by atoms with Crippen LogP contribution in [0.1, 0.15) is 35.0 Å². The summed E-state index contributed by atoms with van der Waals surface area (Å²) in [6.07, 6.45) is 1.89. The number of rotatable bonds is 5. The molecular formula is C23H24N2O3S. The molecule has 2 heterocycles. The highest BCUT2D eigenvalue weighted by Gasteiger charge is 2.29. The molecule has 0 N–H and O–H groups in total. The number of benzene rings is 2. The first-order chi connectivity index (χ1) is 14.1. The summed E-state index contributed by atoms with van der Waals surface area (Å²) in [5, 5.41) is 2.66. The van der Waals surface area contributed by atoms with Gasteiger partial charge in [0.1, 0.15) is 22.2 Å². The highest BCUT2D eigenvalue weighted by Crippen LogP contribution is 2.39. The number of carbonyl (C=O) groups excluding carboxylic acids is 1. The fraction of sp³-hybridized carbons (Fsp3) is 0.304. The van der Waals surface area contributed by atoms with E-state index in [1.807, 2.05) is 47.5 Å². The summed E-state index contributed by atoms with van der Waals surface area (Å²) in [5.74, 6) is 1.49. The monoisotopic (exact) mass is 408 g/mol. The topological polar surface area (TPSA) is 51.7 Å². The van der Waals surface area contributed by atoms with Crippen LogP contribution in [-0.2, 0) is 6.42 Å². The van der Waals surface area contributed by atoms with E-state index in [9.17, 15) is 4.79 Å². The van der Waals surface area contributed by atoms with Crippen LogP contribution in [0.4, 0.5) is 5.69 Å². The van der Waals surface area contributed by atoms with Crippen molar-refractivity contribution in [2.45, 2.75) is 26.7 Å². The van der Waals surface area contributed by atoms with Gasteiger partial charge in [-0.3, -0.25) is 4.79 Å². The molecule has 0 unspecified atom stereocenters. The van der Waals surface area contributed by atoms with Gasteiger partial charge < -0.3 is 14.4 Å². The number of methoxy groups -OCH3 is 1. The molecule has 0 atom stereocenters. The van der Waals surface area contributed by atoms with Crippen LogP contribution in [0.3, 0.4) is 0 Å². The van der Waals surface area contributed by atoms with Gasteiger partial charge in [-0.05, 0) is 68.1 Å². The standard InChI is InChI=1S/C23H24N2O3S/c1-4-28-17-10-8-16(9-11-17)22-24-19(14-29-22)23(26)25-13-5-6-18-15(2)7-12-20(27-3)21(18)25/h7-12,14H,4-6,13H2,1-3H3. The number of anilines is 1. The summed E-state index contributed by atoms with van der Waals surface area (Å²) in [6, 6.07) is 11.8. The molecule has 2 aromatic carbocycles. The number of fused-ring (bicyclic) bond motifs is 1. The van der Waals surface area contributed by atoms with Crippen molar-refractivity contribution in [2.75, 3.05) is 25.2 Å². The summed E-state index contributed by atoms with van der Waals surface area (Å²) in [4.78, 5) is 19.8. The van der Waals surface area contributed by atoms with Crippen LogP contribution >= 0.6 is 11.3 Å². The molecule has 29 heavy (non-hydrogen) atoms. The summed E-state index contributed by atoms with van der Waals surface area (Å²) in [5.41, 5.74) is 4.71. The number of amides is 1. The van der Waals surface area contributed by atoms with E-state index < -0.39 is 0 Å². The number of nitrogens with zero attached hydrogens (tertiary/aromatic N) is 2. The van der Waals surface area contributed by atoms with Crippen LogP contribution < -0.4 is 14.4 Å². The molecule has 1 amide bonds. The lowest BCUT2D eigenvalue weighted by Gasteiger charge is -2.31. The van der Waals surface area contributed by atoms with Crippen molar-refractivity contribution in [1.29, 1.82) is 0 Å². The van der Waals surface area contributed by atoms with Gasteiger partial charge in [-0.25, -0.2) is 4.98 Å². The highest BCUT2D eigenvalue weighted by atomic mass is 32.1. The van der Waals surface area contributed by atoms with E-state index in [2.05, 4.69) is 18.0 Å². The minimum Gasteiger partial charge on any atom is -0.495 e. The van der Waals surface area contributed by atoms with Crippen molar-refractivity contribution >= 4 is 22.9 Å². The molecular weight excluding hydrogens is 384 g/mol. The van der Waals surface area contributed by atoms with Crippen molar-refractivity contribution in [3.8, 4) is 22.1 Å². The van der Waals surface area contributed by atoms with Gasteiger partial charge >= 0.3 is 0 Å². The van der Waals surface area contributed by atoms with Crippen molar-refractivity contribution in [2.24, 2.45) is 0 Å². The predicted molar refractivity (Wildman–Crippen MR) is 116 cm³/mol. The fourth-order valence-corrected chi connectivity index (χ4v) is 4.52. The Hall–Kier alpha value is -2.86. The molecule has 3 aromatic rings. The normalized spacial score (nSPS) is 13.1. The van der Waals surface area contributed by atoms with Crippen LogP contribution in [0.25, 0.3) is 10.6 Å².